The average molecular weight is 193 g/mol. The smallest absolute Gasteiger partial charge is 0.294 e. The number of halogens is 3. The number of oxime groups is 1. The summed E-state index contributed by atoms with van der Waals surface area (Å²) in [5.41, 5.74) is 0.789. The molecule has 0 aliphatic heterocycles. The highest BCUT2D eigenvalue weighted by Crippen LogP contribution is 2.15. The molecule has 0 unspecified atom stereocenters. The van der Waals surface area contributed by atoms with E-state index in [1.54, 1.807) is 26.0 Å². The fraction of sp³-hybridized carbons (Fsp3) is 0.375. The number of hydrogen-bond acceptors (Lipinski definition) is 2. The van der Waals surface area contributed by atoms with Crippen LogP contribution in [0.2, 0.25) is 0 Å². The molecule has 0 heterocycles. The van der Waals surface area contributed by atoms with Gasteiger partial charge in [0, 0.05) is 0 Å². The second-order valence-electron chi connectivity index (χ2n) is 2.20. The van der Waals surface area contributed by atoms with Gasteiger partial charge in [-0.05, 0) is 25.5 Å². The molecular formula is C8H10F3NO. The van der Waals surface area contributed by atoms with E-state index in [4.69, 9.17) is 0 Å². The van der Waals surface area contributed by atoms with Crippen LogP contribution < -0.4 is 0 Å². The van der Waals surface area contributed by atoms with Crippen LogP contribution in [0.25, 0.3) is 0 Å². The monoisotopic (exact) mass is 193 g/mol. The fourth-order valence-corrected chi connectivity index (χ4v) is 0.557. The number of allylic oxidation sites excluding steroid dienone is 4. The van der Waals surface area contributed by atoms with E-state index in [2.05, 4.69) is 9.99 Å². The lowest BCUT2D eigenvalue weighted by atomic mass is 10.3. The van der Waals surface area contributed by atoms with E-state index < -0.39 is 6.36 Å². The number of alkyl halides is 3. The van der Waals surface area contributed by atoms with Crippen molar-refractivity contribution in [2.75, 3.05) is 0 Å². The summed E-state index contributed by atoms with van der Waals surface area (Å²) in [4.78, 5) is 3.16. The maximum Gasteiger partial charge on any atom is 0.593 e. The third kappa shape index (κ3) is 8.65. The van der Waals surface area contributed by atoms with Gasteiger partial charge in [0.05, 0.1) is 6.21 Å². The summed E-state index contributed by atoms with van der Waals surface area (Å²) in [7, 11) is 0. The number of nitrogens with zero attached hydrogens (tertiary/aromatic N) is 1. The molecule has 0 saturated heterocycles. The van der Waals surface area contributed by atoms with Crippen LogP contribution >= 0.6 is 0 Å². The van der Waals surface area contributed by atoms with Gasteiger partial charge in [0.1, 0.15) is 0 Å². The summed E-state index contributed by atoms with van der Waals surface area (Å²) in [5, 5.41) is 2.70. The summed E-state index contributed by atoms with van der Waals surface area (Å²) >= 11 is 0. The Labute approximate surface area is 74.4 Å². The quantitative estimate of drug-likeness (QED) is 0.383. The van der Waals surface area contributed by atoms with Crippen LogP contribution in [-0.2, 0) is 4.84 Å². The molecule has 5 heteroatoms. The van der Waals surface area contributed by atoms with E-state index in [0.717, 1.165) is 11.8 Å². The molecule has 0 aromatic heterocycles. The van der Waals surface area contributed by atoms with Crippen LogP contribution in [0.4, 0.5) is 13.2 Å². The second kappa shape index (κ2) is 5.40. The van der Waals surface area contributed by atoms with Gasteiger partial charge in [0.15, 0.2) is 0 Å². The maximum atomic E-state index is 11.4. The average Bonchev–Trinajstić information content (AvgIpc) is 1.97. The first-order valence-electron chi connectivity index (χ1n) is 3.53. The molecule has 0 spiro atoms. The molecule has 0 fully saturated rings. The Morgan fingerprint density at radius 2 is 2.00 bits per heavy atom. The first kappa shape index (κ1) is 11.7. The molecule has 0 atom stereocenters. The zero-order valence-corrected chi connectivity index (χ0v) is 7.30. The minimum Gasteiger partial charge on any atom is -0.294 e. The molecular weight excluding hydrogens is 183 g/mol. The fourth-order valence-electron chi connectivity index (χ4n) is 0.557. The first-order valence-corrected chi connectivity index (χ1v) is 3.53. The van der Waals surface area contributed by atoms with Crippen molar-refractivity contribution in [1.82, 2.24) is 0 Å². The third-order valence-corrected chi connectivity index (χ3v) is 0.984. The van der Waals surface area contributed by atoms with Gasteiger partial charge in [-0.2, -0.15) is 0 Å². The molecule has 0 N–H and O–H groups in total. The summed E-state index contributed by atoms with van der Waals surface area (Å²) in [6.07, 6.45) is 1.15. The summed E-state index contributed by atoms with van der Waals surface area (Å²) in [6.45, 7) is 3.54. The van der Waals surface area contributed by atoms with Crippen LogP contribution in [0.5, 0.6) is 0 Å². The molecule has 0 radical (unpaired) electrons. The number of rotatable bonds is 3. The first-order chi connectivity index (χ1) is 5.95. The Hall–Kier alpha value is -1.26. The Balaban J connectivity index is 3.94. The molecule has 0 aliphatic rings. The molecule has 0 amide bonds. The minimum absolute atomic E-state index is 0.789. The highest BCUT2D eigenvalue weighted by molar-refractivity contribution is 5.72. The Bertz CT molecular complexity index is 228. The van der Waals surface area contributed by atoms with Gasteiger partial charge in [0.25, 0.3) is 0 Å². The van der Waals surface area contributed by atoms with E-state index in [0.29, 0.717) is 0 Å². The lowest BCUT2D eigenvalue weighted by Gasteiger charge is -1.99. The van der Waals surface area contributed by atoms with Crippen LogP contribution in [0.15, 0.2) is 29.0 Å². The minimum atomic E-state index is -4.71. The third-order valence-electron chi connectivity index (χ3n) is 0.984. The Morgan fingerprint density at radius 1 is 1.38 bits per heavy atom. The lowest BCUT2D eigenvalue weighted by molar-refractivity contribution is -0.325. The molecule has 0 aromatic rings. The molecule has 0 rings (SSSR count). The van der Waals surface area contributed by atoms with Crippen LogP contribution in [0, 0.1) is 0 Å². The SMILES string of the molecule is C\C=C/C(C)=C\C=N\OC(F)(F)F. The number of hydrogen-bond donors (Lipinski definition) is 0. The Morgan fingerprint density at radius 3 is 2.46 bits per heavy atom. The van der Waals surface area contributed by atoms with E-state index in [9.17, 15) is 13.2 Å². The van der Waals surface area contributed by atoms with Crippen molar-refractivity contribution in [3.8, 4) is 0 Å². The zero-order chi connectivity index (χ0) is 10.3. The van der Waals surface area contributed by atoms with Crippen molar-refractivity contribution in [3.05, 3.63) is 23.8 Å². The van der Waals surface area contributed by atoms with Gasteiger partial charge < -0.3 is 0 Å². The van der Waals surface area contributed by atoms with Crippen molar-refractivity contribution in [1.29, 1.82) is 0 Å². The van der Waals surface area contributed by atoms with Crippen molar-refractivity contribution in [3.63, 3.8) is 0 Å². The highest BCUT2D eigenvalue weighted by atomic mass is 19.4. The molecule has 0 aliphatic carbocycles. The molecule has 74 valence electrons. The molecule has 0 aromatic carbocycles. The predicted octanol–water partition coefficient (Wildman–Crippen LogP) is 3.03. The zero-order valence-electron chi connectivity index (χ0n) is 7.30. The summed E-state index contributed by atoms with van der Waals surface area (Å²) < 4.78 is 34.1. The normalized spacial score (nSPS) is 14.4. The lowest BCUT2D eigenvalue weighted by Crippen LogP contribution is -2.08. The van der Waals surface area contributed by atoms with Gasteiger partial charge >= 0.3 is 6.36 Å². The van der Waals surface area contributed by atoms with Gasteiger partial charge in [-0.15, -0.1) is 13.2 Å². The molecule has 2 nitrogen and oxygen atoms in total. The van der Waals surface area contributed by atoms with E-state index in [-0.39, 0.29) is 0 Å². The largest absolute Gasteiger partial charge is 0.593 e. The highest BCUT2D eigenvalue weighted by Gasteiger charge is 2.30. The maximum absolute atomic E-state index is 11.4. The van der Waals surface area contributed by atoms with Crippen LogP contribution in [0.1, 0.15) is 13.8 Å². The van der Waals surface area contributed by atoms with Crippen molar-refractivity contribution in [2.45, 2.75) is 20.2 Å². The second-order valence-corrected chi connectivity index (χ2v) is 2.20. The van der Waals surface area contributed by atoms with E-state index in [1.165, 1.54) is 6.08 Å². The van der Waals surface area contributed by atoms with Crippen molar-refractivity contribution < 1.29 is 18.0 Å². The van der Waals surface area contributed by atoms with Gasteiger partial charge in [-0.25, -0.2) is 0 Å². The predicted molar refractivity (Wildman–Crippen MR) is 44.2 cm³/mol. The summed E-state index contributed by atoms with van der Waals surface area (Å²) in [6, 6.07) is 0. The van der Waals surface area contributed by atoms with Crippen LogP contribution in [0.3, 0.4) is 0 Å². The topological polar surface area (TPSA) is 21.6 Å². The van der Waals surface area contributed by atoms with Crippen molar-refractivity contribution >= 4 is 6.21 Å². The van der Waals surface area contributed by atoms with Gasteiger partial charge in [0.2, 0.25) is 0 Å². The molecule has 0 saturated carbocycles. The summed E-state index contributed by atoms with van der Waals surface area (Å²) in [5.74, 6) is 0. The van der Waals surface area contributed by atoms with Gasteiger partial charge in [-0.1, -0.05) is 17.3 Å². The van der Waals surface area contributed by atoms with Gasteiger partial charge in [-0.3, -0.25) is 4.84 Å². The Kier molecular flexibility index (Phi) is 4.87. The van der Waals surface area contributed by atoms with Crippen LogP contribution in [-0.4, -0.2) is 12.6 Å². The van der Waals surface area contributed by atoms with Crippen molar-refractivity contribution in [2.24, 2.45) is 5.16 Å². The van der Waals surface area contributed by atoms with E-state index in [1.807, 2.05) is 0 Å². The molecule has 0 bridgehead atoms. The standard InChI is InChI=1S/C8H10F3NO/c1-3-4-7(2)5-6-12-13-8(9,10)11/h3-6H,1-2H3/b4-3-,7-5-,12-6+. The van der Waals surface area contributed by atoms with E-state index >= 15 is 0 Å². The molecule has 13 heavy (non-hydrogen) atoms.